The molecule has 24 heavy (non-hydrogen) atoms. The Hall–Kier alpha value is -2.04. The second-order valence-electron chi connectivity index (χ2n) is 5.01. The summed E-state index contributed by atoms with van der Waals surface area (Å²) in [5.41, 5.74) is 6.58. The van der Waals surface area contributed by atoms with E-state index < -0.39 is 10.1 Å². The van der Waals surface area contributed by atoms with Gasteiger partial charge in [0.1, 0.15) is 10.6 Å². The van der Waals surface area contributed by atoms with Crippen molar-refractivity contribution < 1.29 is 13.0 Å². The lowest BCUT2D eigenvalue weighted by Gasteiger charge is -2.09. The van der Waals surface area contributed by atoms with Crippen LogP contribution < -0.4 is 5.73 Å². The molecule has 3 N–H and O–H groups in total. The fourth-order valence-corrected chi connectivity index (χ4v) is 3.50. The van der Waals surface area contributed by atoms with Crippen LogP contribution in [-0.2, 0) is 10.1 Å². The minimum absolute atomic E-state index is 0.134. The van der Waals surface area contributed by atoms with Gasteiger partial charge in [0.15, 0.2) is 0 Å². The summed E-state index contributed by atoms with van der Waals surface area (Å²) in [4.78, 5) is -0.350. The monoisotopic (exact) mass is 453 g/mol. The summed E-state index contributed by atoms with van der Waals surface area (Å²) in [6.07, 6.45) is 0. The molecule has 0 fully saturated rings. The third-order valence-electron chi connectivity index (χ3n) is 3.38. The number of hydrogen-bond donors (Lipinski definition) is 2. The second-order valence-corrected chi connectivity index (χ2v) is 7.62. The van der Waals surface area contributed by atoms with E-state index in [4.69, 9.17) is 5.73 Å². The van der Waals surface area contributed by atoms with Crippen molar-refractivity contribution in [1.29, 1.82) is 0 Å². The first-order chi connectivity index (χ1) is 11.4. The van der Waals surface area contributed by atoms with Gasteiger partial charge in [0.25, 0.3) is 10.1 Å². The molecule has 122 valence electrons. The average molecular weight is 453 g/mol. The molecule has 3 aromatic carbocycles. The minimum Gasteiger partial charge on any atom is -0.396 e. The van der Waals surface area contributed by atoms with Gasteiger partial charge in [0.05, 0.1) is 11.4 Å². The molecule has 0 aliphatic rings. The predicted octanol–water partition coefficient (Wildman–Crippen LogP) is 4.69. The van der Waals surface area contributed by atoms with Gasteiger partial charge in [0, 0.05) is 8.96 Å². The highest BCUT2D eigenvalue weighted by atomic mass is 127. The first-order valence-electron chi connectivity index (χ1n) is 6.82. The Morgan fingerprint density at radius 2 is 1.67 bits per heavy atom. The molecule has 0 spiro atoms. The average Bonchev–Trinajstić information content (AvgIpc) is 2.53. The first-order valence-corrected chi connectivity index (χ1v) is 9.34. The molecule has 6 nitrogen and oxygen atoms in total. The van der Waals surface area contributed by atoms with Crippen LogP contribution in [0.15, 0.2) is 69.7 Å². The van der Waals surface area contributed by atoms with Gasteiger partial charge in [-0.15, -0.1) is 5.11 Å². The summed E-state index contributed by atoms with van der Waals surface area (Å²) in [5, 5.41) is 9.06. The highest BCUT2D eigenvalue weighted by Crippen LogP contribution is 2.37. The van der Waals surface area contributed by atoms with Crippen molar-refractivity contribution >= 4 is 60.5 Å². The molecule has 0 aliphatic carbocycles. The molecular formula is C16H12IN3O3S. The van der Waals surface area contributed by atoms with E-state index >= 15 is 0 Å². The molecule has 0 atom stereocenters. The Kier molecular flexibility index (Phi) is 4.52. The van der Waals surface area contributed by atoms with Crippen LogP contribution in [0.4, 0.5) is 17.1 Å². The molecule has 0 saturated heterocycles. The topological polar surface area (TPSA) is 105 Å². The van der Waals surface area contributed by atoms with Crippen molar-refractivity contribution in [1.82, 2.24) is 0 Å². The van der Waals surface area contributed by atoms with Crippen molar-refractivity contribution in [2.45, 2.75) is 4.90 Å². The number of azo groups is 1. The SMILES string of the molecule is Nc1c(/N=N/c2ccc(I)cc2)cc2ccccc2c1S(=O)(=O)O. The number of fused-ring (bicyclic) bond motifs is 1. The lowest BCUT2D eigenvalue weighted by Crippen LogP contribution is -2.04. The Labute approximate surface area is 152 Å². The maximum atomic E-state index is 11.7. The van der Waals surface area contributed by atoms with Crippen LogP contribution in [0.1, 0.15) is 0 Å². The number of benzene rings is 3. The summed E-state index contributed by atoms with van der Waals surface area (Å²) in [6.45, 7) is 0. The maximum Gasteiger partial charge on any atom is 0.297 e. The van der Waals surface area contributed by atoms with Gasteiger partial charge in [0.2, 0.25) is 0 Å². The number of hydrogen-bond acceptors (Lipinski definition) is 5. The minimum atomic E-state index is -4.50. The number of nitrogens with two attached hydrogens (primary N) is 1. The van der Waals surface area contributed by atoms with E-state index in [0.717, 1.165) is 3.57 Å². The molecular weight excluding hydrogens is 441 g/mol. The van der Waals surface area contributed by atoms with Crippen molar-refractivity contribution in [3.63, 3.8) is 0 Å². The summed E-state index contributed by atoms with van der Waals surface area (Å²) >= 11 is 2.18. The lowest BCUT2D eigenvalue weighted by molar-refractivity contribution is 0.484. The van der Waals surface area contributed by atoms with E-state index in [-0.39, 0.29) is 16.3 Å². The van der Waals surface area contributed by atoms with Gasteiger partial charge in [-0.1, -0.05) is 24.3 Å². The van der Waals surface area contributed by atoms with Gasteiger partial charge in [-0.2, -0.15) is 13.5 Å². The normalized spacial score (nSPS) is 12.1. The smallest absolute Gasteiger partial charge is 0.297 e. The van der Waals surface area contributed by atoms with Gasteiger partial charge in [-0.05, 0) is 58.3 Å². The number of rotatable bonds is 3. The van der Waals surface area contributed by atoms with Crippen LogP contribution in [0.3, 0.4) is 0 Å². The van der Waals surface area contributed by atoms with Crippen molar-refractivity contribution in [2.75, 3.05) is 5.73 Å². The zero-order chi connectivity index (χ0) is 17.3. The van der Waals surface area contributed by atoms with Crippen molar-refractivity contribution in [2.24, 2.45) is 10.2 Å². The largest absolute Gasteiger partial charge is 0.396 e. The molecule has 0 bridgehead atoms. The first kappa shape index (κ1) is 16.8. The van der Waals surface area contributed by atoms with E-state index in [1.807, 2.05) is 12.1 Å². The highest BCUT2D eigenvalue weighted by Gasteiger charge is 2.21. The van der Waals surface area contributed by atoms with Crippen LogP contribution in [-0.4, -0.2) is 13.0 Å². The van der Waals surface area contributed by atoms with E-state index in [1.54, 1.807) is 42.5 Å². The van der Waals surface area contributed by atoms with Crippen LogP contribution >= 0.6 is 22.6 Å². The summed E-state index contributed by atoms with van der Waals surface area (Å²) in [5.74, 6) is 0. The molecule has 0 aromatic heterocycles. The van der Waals surface area contributed by atoms with E-state index in [2.05, 4.69) is 32.8 Å². The Bertz CT molecular complexity index is 1050. The van der Waals surface area contributed by atoms with E-state index in [0.29, 0.717) is 16.5 Å². The molecule has 3 aromatic rings. The zero-order valence-electron chi connectivity index (χ0n) is 12.2. The lowest BCUT2D eigenvalue weighted by atomic mass is 10.1. The van der Waals surface area contributed by atoms with E-state index in [9.17, 15) is 13.0 Å². The van der Waals surface area contributed by atoms with Gasteiger partial charge in [-0.25, -0.2) is 0 Å². The quantitative estimate of drug-likeness (QED) is 0.260. The number of nitrogen functional groups attached to an aromatic ring is 1. The molecule has 0 radical (unpaired) electrons. The number of halogens is 1. The molecule has 0 saturated carbocycles. The van der Waals surface area contributed by atoms with Crippen molar-refractivity contribution in [3.8, 4) is 0 Å². The summed E-state index contributed by atoms with van der Waals surface area (Å²) < 4.78 is 34.1. The Balaban J connectivity index is 2.18. The second kappa shape index (κ2) is 6.46. The highest BCUT2D eigenvalue weighted by molar-refractivity contribution is 14.1. The molecule has 8 heteroatoms. The van der Waals surface area contributed by atoms with Crippen LogP contribution in [0.5, 0.6) is 0 Å². The van der Waals surface area contributed by atoms with Crippen LogP contribution in [0.25, 0.3) is 10.8 Å². The Morgan fingerprint density at radius 1 is 1.00 bits per heavy atom. The Morgan fingerprint density at radius 3 is 2.33 bits per heavy atom. The van der Waals surface area contributed by atoms with E-state index in [1.165, 1.54) is 0 Å². The molecule has 3 rings (SSSR count). The summed E-state index contributed by atoms with van der Waals surface area (Å²) in [6, 6.07) is 15.7. The fourth-order valence-electron chi connectivity index (χ4n) is 2.30. The zero-order valence-corrected chi connectivity index (χ0v) is 15.2. The number of anilines is 1. The fraction of sp³-hybridized carbons (Fsp3) is 0. The maximum absolute atomic E-state index is 11.7. The van der Waals surface area contributed by atoms with Gasteiger partial charge >= 0.3 is 0 Å². The third-order valence-corrected chi connectivity index (χ3v) is 5.05. The van der Waals surface area contributed by atoms with Gasteiger partial charge < -0.3 is 5.73 Å². The molecule has 0 heterocycles. The number of nitrogens with zero attached hydrogens (tertiary/aromatic N) is 2. The van der Waals surface area contributed by atoms with Crippen LogP contribution in [0.2, 0.25) is 0 Å². The standard InChI is InChI=1S/C16H12IN3O3S/c17-11-5-7-12(8-6-11)19-20-14-9-10-3-1-2-4-13(10)16(15(14)18)24(21,22)23/h1-9H,18H2,(H,21,22,23)/b20-19+. The molecule has 0 aliphatic heterocycles. The van der Waals surface area contributed by atoms with Crippen LogP contribution in [0, 0.1) is 3.57 Å². The predicted molar refractivity (Wildman–Crippen MR) is 102 cm³/mol. The molecule has 0 amide bonds. The van der Waals surface area contributed by atoms with Gasteiger partial charge in [-0.3, -0.25) is 4.55 Å². The molecule has 0 unspecified atom stereocenters. The van der Waals surface area contributed by atoms with Crippen molar-refractivity contribution in [3.05, 3.63) is 58.2 Å². The third kappa shape index (κ3) is 3.40. The summed E-state index contributed by atoms with van der Waals surface area (Å²) in [7, 11) is -4.50.